The first kappa shape index (κ1) is 11.3. The van der Waals surface area contributed by atoms with E-state index < -0.39 is 11.9 Å². The molecule has 7 nitrogen and oxygen atoms in total. The van der Waals surface area contributed by atoms with E-state index in [0.717, 1.165) is 0 Å². The van der Waals surface area contributed by atoms with Crippen molar-refractivity contribution in [2.45, 2.75) is 25.4 Å². The van der Waals surface area contributed by atoms with Crippen molar-refractivity contribution in [1.82, 2.24) is 20.4 Å². The minimum absolute atomic E-state index is 0.0602. The Hall–Kier alpha value is -2.18. The highest BCUT2D eigenvalue weighted by molar-refractivity contribution is 6.01. The van der Waals surface area contributed by atoms with Gasteiger partial charge in [-0.3, -0.25) is 24.4 Å². The molecule has 1 fully saturated rings. The Bertz CT molecular complexity index is 440. The number of hydrogen-bond acceptors (Lipinski definition) is 4. The number of nitrogens with zero attached hydrogens (tertiary/aromatic N) is 2. The van der Waals surface area contributed by atoms with E-state index in [1.54, 1.807) is 18.5 Å². The molecule has 1 aliphatic rings. The Balaban J connectivity index is 1.86. The average molecular weight is 236 g/mol. The van der Waals surface area contributed by atoms with Crippen LogP contribution in [0.4, 0.5) is 0 Å². The number of rotatable bonds is 3. The molecule has 90 valence electrons. The fraction of sp³-hybridized carbons (Fsp3) is 0.400. The van der Waals surface area contributed by atoms with Gasteiger partial charge in [-0.1, -0.05) is 0 Å². The molecule has 1 saturated heterocycles. The fourth-order valence-electron chi connectivity index (χ4n) is 1.61. The number of imide groups is 1. The summed E-state index contributed by atoms with van der Waals surface area (Å²) in [7, 11) is 0. The molecule has 2 rings (SSSR count). The van der Waals surface area contributed by atoms with Gasteiger partial charge in [-0.15, -0.1) is 0 Å². The Labute approximate surface area is 97.2 Å². The third-order valence-corrected chi connectivity index (χ3v) is 2.44. The van der Waals surface area contributed by atoms with E-state index in [1.165, 1.54) is 4.68 Å². The molecule has 0 aliphatic carbocycles. The molecular weight excluding hydrogens is 224 g/mol. The fourth-order valence-corrected chi connectivity index (χ4v) is 1.61. The zero-order chi connectivity index (χ0) is 12.3. The van der Waals surface area contributed by atoms with E-state index in [-0.39, 0.29) is 24.8 Å². The molecule has 0 aromatic carbocycles. The minimum Gasteiger partial charge on any atom is -0.343 e. The van der Waals surface area contributed by atoms with Crippen LogP contribution in [0.15, 0.2) is 18.5 Å². The first-order valence-electron chi connectivity index (χ1n) is 5.25. The second-order valence-electron chi connectivity index (χ2n) is 3.77. The van der Waals surface area contributed by atoms with Crippen molar-refractivity contribution in [3.05, 3.63) is 18.5 Å². The normalized spacial score (nSPS) is 19.9. The average Bonchev–Trinajstić information content (AvgIpc) is 2.75. The molecule has 1 aromatic heterocycles. The molecule has 7 heteroatoms. The molecule has 2 heterocycles. The Kier molecular flexibility index (Phi) is 3.17. The van der Waals surface area contributed by atoms with E-state index in [0.29, 0.717) is 6.42 Å². The lowest BCUT2D eigenvalue weighted by molar-refractivity contribution is -0.137. The molecule has 2 N–H and O–H groups in total. The first-order valence-corrected chi connectivity index (χ1v) is 5.25. The van der Waals surface area contributed by atoms with Gasteiger partial charge in [0.25, 0.3) is 0 Å². The van der Waals surface area contributed by atoms with E-state index in [4.69, 9.17) is 0 Å². The molecule has 0 bridgehead atoms. The van der Waals surface area contributed by atoms with E-state index in [9.17, 15) is 14.4 Å². The summed E-state index contributed by atoms with van der Waals surface area (Å²) in [6, 6.07) is 1.08. The zero-order valence-electron chi connectivity index (χ0n) is 9.05. The maximum Gasteiger partial charge on any atom is 0.249 e. The summed E-state index contributed by atoms with van der Waals surface area (Å²) in [6.07, 6.45) is 3.82. The lowest BCUT2D eigenvalue weighted by atomic mass is 10.1. The van der Waals surface area contributed by atoms with Crippen molar-refractivity contribution in [1.29, 1.82) is 0 Å². The summed E-state index contributed by atoms with van der Waals surface area (Å²) in [5.74, 6) is -1.05. The van der Waals surface area contributed by atoms with Crippen LogP contribution < -0.4 is 10.6 Å². The SMILES string of the molecule is O=C1CCC(NC(=O)Cn2cccn2)C(=O)N1. The first-order chi connectivity index (χ1) is 8.15. The third kappa shape index (κ3) is 2.90. The van der Waals surface area contributed by atoms with Crippen LogP contribution in [-0.2, 0) is 20.9 Å². The van der Waals surface area contributed by atoms with Gasteiger partial charge in [0.1, 0.15) is 12.6 Å². The quantitative estimate of drug-likeness (QED) is 0.645. The molecular formula is C10H12N4O3. The van der Waals surface area contributed by atoms with Crippen molar-refractivity contribution in [2.24, 2.45) is 0 Å². The second-order valence-corrected chi connectivity index (χ2v) is 3.77. The molecule has 3 amide bonds. The minimum atomic E-state index is -0.629. The zero-order valence-corrected chi connectivity index (χ0v) is 9.05. The number of nitrogens with one attached hydrogen (secondary N) is 2. The molecule has 1 aliphatic heterocycles. The van der Waals surface area contributed by atoms with Crippen LogP contribution >= 0.6 is 0 Å². The van der Waals surface area contributed by atoms with Crippen LogP contribution in [0.1, 0.15) is 12.8 Å². The molecule has 1 atom stereocenters. The van der Waals surface area contributed by atoms with Gasteiger partial charge >= 0.3 is 0 Å². The van der Waals surface area contributed by atoms with E-state index >= 15 is 0 Å². The van der Waals surface area contributed by atoms with Crippen LogP contribution in [0, 0.1) is 0 Å². The van der Waals surface area contributed by atoms with Crippen molar-refractivity contribution < 1.29 is 14.4 Å². The molecule has 1 aromatic rings. The highest BCUT2D eigenvalue weighted by Gasteiger charge is 2.27. The molecule has 0 radical (unpaired) electrons. The van der Waals surface area contributed by atoms with Crippen molar-refractivity contribution in [2.75, 3.05) is 0 Å². The van der Waals surface area contributed by atoms with Gasteiger partial charge < -0.3 is 5.32 Å². The largest absolute Gasteiger partial charge is 0.343 e. The van der Waals surface area contributed by atoms with Gasteiger partial charge in [0.05, 0.1) is 0 Å². The molecule has 0 spiro atoms. The van der Waals surface area contributed by atoms with Crippen LogP contribution in [0.3, 0.4) is 0 Å². The topological polar surface area (TPSA) is 93.1 Å². The number of aromatic nitrogens is 2. The maximum absolute atomic E-state index is 11.6. The number of hydrogen-bond donors (Lipinski definition) is 2. The van der Waals surface area contributed by atoms with Gasteiger partial charge in [-0.2, -0.15) is 5.10 Å². The molecule has 17 heavy (non-hydrogen) atoms. The van der Waals surface area contributed by atoms with Gasteiger partial charge in [-0.25, -0.2) is 0 Å². The van der Waals surface area contributed by atoms with Gasteiger partial charge in [0.15, 0.2) is 0 Å². The highest BCUT2D eigenvalue weighted by atomic mass is 16.2. The molecule has 1 unspecified atom stereocenters. The Morgan fingerprint density at radius 3 is 3.06 bits per heavy atom. The predicted octanol–water partition coefficient (Wildman–Crippen LogP) is -1.20. The predicted molar refractivity (Wildman–Crippen MR) is 56.5 cm³/mol. The monoisotopic (exact) mass is 236 g/mol. The third-order valence-electron chi connectivity index (χ3n) is 2.44. The second kappa shape index (κ2) is 4.77. The summed E-state index contributed by atoms with van der Waals surface area (Å²) in [6.45, 7) is 0.0602. The summed E-state index contributed by atoms with van der Waals surface area (Å²) >= 11 is 0. The van der Waals surface area contributed by atoms with Crippen LogP contribution in [0.2, 0.25) is 0 Å². The lowest BCUT2D eigenvalue weighted by Crippen LogP contribution is -2.52. The maximum atomic E-state index is 11.6. The standard InChI is InChI=1S/C10H12N4O3/c15-8-3-2-7(10(17)13-8)12-9(16)6-14-5-1-4-11-14/h1,4-5,7H,2-3,6H2,(H,12,16)(H,13,15,17). The number of amides is 3. The summed E-state index contributed by atoms with van der Waals surface area (Å²) in [4.78, 5) is 33.8. The van der Waals surface area contributed by atoms with Crippen LogP contribution in [-0.4, -0.2) is 33.5 Å². The number of carbonyl (C=O) groups is 3. The van der Waals surface area contributed by atoms with Crippen molar-refractivity contribution >= 4 is 17.7 Å². The van der Waals surface area contributed by atoms with Crippen molar-refractivity contribution in [3.8, 4) is 0 Å². The van der Waals surface area contributed by atoms with Gasteiger partial charge in [-0.05, 0) is 12.5 Å². The molecule has 0 saturated carbocycles. The van der Waals surface area contributed by atoms with Gasteiger partial charge in [0, 0.05) is 18.8 Å². The van der Waals surface area contributed by atoms with E-state index in [1.807, 2.05) is 0 Å². The smallest absolute Gasteiger partial charge is 0.249 e. The lowest BCUT2D eigenvalue weighted by Gasteiger charge is -2.21. The summed E-state index contributed by atoms with van der Waals surface area (Å²) in [5, 5.41) is 8.62. The van der Waals surface area contributed by atoms with Crippen molar-refractivity contribution in [3.63, 3.8) is 0 Å². The number of piperidine rings is 1. The van der Waals surface area contributed by atoms with Gasteiger partial charge in [0.2, 0.25) is 17.7 Å². The summed E-state index contributed by atoms with van der Waals surface area (Å²) in [5.41, 5.74) is 0. The Morgan fingerprint density at radius 1 is 1.59 bits per heavy atom. The van der Waals surface area contributed by atoms with Crippen LogP contribution in [0.5, 0.6) is 0 Å². The Morgan fingerprint density at radius 2 is 2.41 bits per heavy atom. The summed E-state index contributed by atoms with van der Waals surface area (Å²) < 4.78 is 1.46. The highest BCUT2D eigenvalue weighted by Crippen LogP contribution is 2.04. The van der Waals surface area contributed by atoms with E-state index in [2.05, 4.69) is 15.7 Å². The number of carbonyl (C=O) groups excluding carboxylic acids is 3. The van der Waals surface area contributed by atoms with Crippen LogP contribution in [0.25, 0.3) is 0 Å².